The summed E-state index contributed by atoms with van der Waals surface area (Å²) >= 11 is 0. The largest absolute Gasteiger partial charge is 0.309 e. The first kappa shape index (κ1) is 21.1. The van der Waals surface area contributed by atoms with Crippen molar-refractivity contribution in [3.63, 3.8) is 0 Å². The predicted octanol–water partition coefficient (Wildman–Crippen LogP) is 1.74. The van der Waals surface area contributed by atoms with Crippen LogP contribution in [0.25, 0.3) is 0 Å². The Kier molecular flexibility index (Phi) is 15.9. The van der Waals surface area contributed by atoms with E-state index >= 15 is 0 Å². The summed E-state index contributed by atoms with van der Waals surface area (Å²) in [5.74, 6) is 0. The summed E-state index contributed by atoms with van der Waals surface area (Å²) in [7, 11) is 16.8. The molecule has 0 rings (SSSR count). The molecule has 0 heterocycles. The van der Waals surface area contributed by atoms with Crippen molar-refractivity contribution in [3.05, 3.63) is 0 Å². The van der Waals surface area contributed by atoms with E-state index in [0.29, 0.717) is 0 Å². The third-order valence-corrected chi connectivity index (χ3v) is 2.53. The van der Waals surface area contributed by atoms with Crippen LogP contribution in [0.5, 0.6) is 0 Å². The topological polar surface area (TPSA) is 13.0 Å². The first-order valence-electron chi connectivity index (χ1n) is 7.34. The van der Waals surface area contributed by atoms with Crippen molar-refractivity contribution in [2.75, 3.05) is 76.1 Å². The molecule has 0 fully saturated rings. The highest BCUT2D eigenvalue weighted by molar-refractivity contribution is 4.49. The number of nitrogens with zero attached hydrogens (tertiary/aromatic N) is 4. The van der Waals surface area contributed by atoms with E-state index in [0.717, 1.165) is 6.67 Å². The maximum absolute atomic E-state index is 2.26. The second-order valence-electron chi connectivity index (χ2n) is 6.32. The second-order valence-corrected chi connectivity index (χ2v) is 6.32. The molecule has 118 valence electrons. The molecule has 0 unspecified atom stereocenters. The van der Waals surface area contributed by atoms with Crippen LogP contribution >= 0.6 is 0 Å². The highest BCUT2D eigenvalue weighted by atomic mass is 15.2. The molecule has 0 atom stereocenters. The third-order valence-electron chi connectivity index (χ3n) is 2.53. The Hall–Kier alpha value is -0.160. The van der Waals surface area contributed by atoms with Gasteiger partial charge in [-0.25, -0.2) is 0 Å². The molecule has 0 N–H and O–H groups in total. The molecule has 0 bridgehead atoms. The summed E-state index contributed by atoms with van der Waals surface area (Å²) in [4.78, 5) is 8.76. The van der Waals surface area contributed by atoms with Gasteiger partial charge in [0.15, 0.2) is 0 Å². The van der Waals surface area contributed by atoms with Crippen LogP contribution in [-0.2, 0) is 0 Å². The van der Waals surface area contributed by atoms with Crippen molar-refractivity contribution in [1.29, 1.82) is 0 Å². The second kappa shape index (κ2) is 14.3. The van der Waals surface area contributed by atoms with Crippen LogP contribution in [-0.4, -0.2) is 95.7 Å². The summed E-state index contributed by atoms with van der Waals surface area (Å²) in [6.45, 7) is 3.50. The van der Waals surface area contributed by atoms with Gasteiger partial charge >= 0.3 is 0 Å². The minimum atomic E-state index is 1.03. The van der Waals surface area contributed by atoms with Gasteiger partial charge in [-0.2, -0.15) is 0 Å². The molecule has 0 saturated carbocycles. The van der Waals surface area contributed by atoms with Crippen LogP contribution in [0.1, 0.15) is 25.7 Å². The fourth-order valence-corrected chi connectivity index (χ4v) is 1.78. The number of unbranched alkanes of at least 4 members (excludes halogenated alkanes) is 3. The maximum atomic E-state index is 2.26. The molecule has 0 aliphatic carbocycles. The number of rotatable bonds is 9. The van der Waals surface area contributed by atoms with Gasteiger partial charge in [-0.3, -0.25) is 9.80 Å². The van der Waals surface area contributed by atoms with E-state index in [2.05, 4.69) is 76.0 Å². The minimum absolute atomic E-state index is 1.03. The fraction of sp³-hybridized carbons (Fsp3) is 1.00. The molecule has 0 aliphatic heterocycles. The smallest absolute Gasteiger partial charge is 0.0495 e. The molecule has 19 heavy (non-hydrogen) atoms. The molecular weight excluding hydrogens is 236 g/mol. The van der Waals surface area contributed by atoms with Crippen LogP contribution in [0.4, 0.5) is 0 Å². The predicted molar refractivity (Wildman–Crippen MR) is 87.8 cm³/mol. The summed E-state index contributed by atoms with van der Waals surface area (Å²) in [6, 6.07) is 0. The van der Waals surface area contributed by atoms with E-state index in [1.165, 1.54) is 38.8 Å². The van der Waals surface area contributed by atoms with Crippen LogP contribution in [0.15, 0.2) is 0 Å². The summed E-state index contributed by atoms with van der Waals surface area (Å²) < 4.78 is 0. The van der Waals surface area contributed by atoms with Gasteiger partial charge in [0.25, 0.3) is 0 Å². The molecule has 0 aromatic rings. The lowest BCUT2D eigenvalue weighted by molar-refractivity contribution is 0.245. The summed E-state index contributed by atoms with van der Waals surface area (Å²) in [5, 5.41) is 0. The van der Waals surface area contributed by atoms with Gasteiger partial charge in [-0.1, -0.05) is 12.8 Å². The number of hydrogen-bond acceptors (Lipinski definition) is 4. The van der Waals surface area contributed by atoms with Gasteiger partial charge < -0.3 is 9.80 Å². The van der Waals surface area contributed by atoms with Gasteiger partial charge in [0.05, 0.1) is 0 Å². The van der Waals surface area contributed by atoms with Crippen LogP contribution in [0.2, 0.25) is 0 Å². The molecule has 0 aromatic heterocycles. The van der Waals surface area contributed by atoms with E-state index in [4.69, 9.17) is 0 Å². The van der Waals surface area contributed by atoms with E-state index in [9.17, 15) is 0 Å². The average Bonchev–Trinajstić information content (AvgIpc) is 2.21. The molecule has 4 nitrogen and oxygen atoms in total. The van der Waals surface area contributed by atoms with Gasteiger partial charge in [0.1, 0.15) is 0 Å². The summed E-state index contributed by atoms with van der Waals surface area (Å²) in [6.07, 6.45) is 5.46. The van der Waals surface area contributed by atoms with Crippen molar-refractivity contribution in [2.24, 2.45) is 0 Å². The van der Waals surface area contributed by atoms with Crippen LogP contribution < -0.4 is 0 Å². The lowest BCUT2D eigenvalue weighted by Crippen LogP contribution is -2.26. The van der Waals surface area contributed by atoms with Crippen LogP contribution in [0, 0.1) is 0 Å². The Bertz CT molecular complexity index is 150. The van der Waals surface area contributed by atoms with Gasteiger partial charge in [-0.05, 0) is 82.3 Å². The fourth-order valence-electron chi connectivity index (χ4n) is 1.78. The molecule has 0 amide bonds. The first-order valence-corrected chi connectivity index (χ1v) is 7.34. The summed E-state index contributed by atoms with van der Waals surface area (Å²) in [5.41, 5.74) is 0. The minimum Gasteiger partial charge on any atom is -0.309 e. The Morgan fingerprint density at radius 3 is 0.895 bits per heavy atom. The molecule has 0 saturated heterocycles. The Balaban J connectivity index is 0. The van der Waals surface area contributed by atoms with Crippen molar-refractivity contribution in [3.8, 4) is 0 Å². The molecule has 4 heteroatoms. The Morgan fingerprint density at radius 1 is 0.421 bits per heavy atom. The highest BCUT2D eigenvalue weighted by Gasteiger charge is 1.93. The first-order chi connectivity index (χ1) is 8.75. The van der Waals surface area contributed by atoms with Crippen molar-refractivity contribution < 1.29 is 0 Å². The zero-order chi connectivity index (χ0) is 15.3. The van der Waals surface area contributed by atoms with Gasteiger partial charge in [-0.15, -0.1) is 0 Å². The Morgan fingerprint density at radius 2 is 0.737 bits per heavy atom. The lowest BCUT2D eigenvalue weighted by atomic mass is 10.2. The molecule has 0 spiro atoms. The van der Waals surface area contributed by atoms with Gasteiger partial charge in [0.2, 0.25) is 0 Å². The van der Waals surface area contributed by atoms with E-state index in [-0.39, 0.29) is 0 Å². The monoisotopic (exact) mass is 274 g/mol. The third kappa shape index (κ3) is 27.2. The molecule has 0 aliphatic rings. The zero-order valence-electron chi connectivity index (χ0n) is 14.7. The molecule has 0 aromatic carbocycles. The quantitative estimate of drug-likeness (QED) is 0.469. The number of hydrogen-bond donors (Lipinski definition) is 0. The Labute approximate surface area is 122 Å². The van der Waals surface area contributed by atoms with Gasteiger partial charge in [0, 0.05) is 6.67 Å². The van der Waals surface area contributed by atoms with E-state index in [1.54, 1.807) is 0 Å². The average molecular weight is 274 g/mol. The SMILES string of the molecule is CN(C)CCCCCCN(C)C.CN(C)CN(C)C. The van der Waals surface area contributed by atoms with Crippen molar-refractivity contribution in [2.45, 2.75) is 25.7 Å². The van der Waals surface area contributed by atoms with E-state index in [1.807, 2.05) is 0 Å². The standard InChI is InChI=1S/C10H24N2.C5H14N2/c1-11(2)9-7-5-6-8-10-12(3)4;1-6(2)5-7(3)4/h5-10H2,1-4H3;5H2,1-4H3. The van der Waals surface area contributed by atoms with Crippen molar-refractivity contribution in [1.82, 2.24) is 19.6 Å². The molecule has 0 radical (unpaired) electrons. The zero-order valence-corrected chi connectivity index (χ0v) is 14.7. The normalized spacial score (nSPS) is 11.4. The maximum Gasteiger partial charge on any atom is 0.0495 e. The van der Waals surface area contributed by atoms with Crippen LogP contribution in [0.3, 0.4) is 0 Å². The van der Waals surface area contributed by atoms with E-state index < -0.39 is 0 Å². The molecular formula is C15H38N4. The highest BCUT2D eigenvalue weighted by Crippen LogP contribution is 2.00. The van der Waals surface area contributed by atoms with Crippen molar-refractivity contribution >= 4 is 0 Å². The lowest BCUT2D eigenvalue weighted by Gasteiger charge is -2.14.